The highest BCUT2D eigenvalue weighted by Crippen LogP contribution is 2.32. The molecule has 1 aliphatic heterocycles. The Hall–Kier alpha value is -3.68. The molecule has 1 aliphatic carbocycles. The number of methoxy groups -OCH3 is 1. The number of carbonyl (C=O) groups is 4. The van der Waals surface area contributed by atoms with E-state index in [9.17, 15) is 19.2 Å². The van der Waals surface area contributed by atoms with Gasteiger partial charge in [0.25, 0.3) is 11.8 Å². The third-order valence-electron chi connectivity index (χ3n) is 6.69. The maximum absolute atomic E-state index is 13.7. The molecule has 2 aromatic rings. The van der Waals surface area contributed by atoms with Crippen molar-refractivity contribution < 1.29 is 23.9 Å². The number of ether oxygens (including phenoxy) is 1. The van der Waals surface area contributed by atoms with Crippen molar-refractivity contribution in [2.24, 2.45) is 0 Å². The number of rotatable bonds is 6. The van der Waals surface area contributed by atoms with Crippen molar-refractivity contribution in [1.82, 2.24) is 4.90 Å². The van der Waals surface area contributed by atoms with E-state index in [2.05, 4.69) is 5.32 Å². The van der Waals surface area contributed by atoms with Crippen LogP contribution in [0.1, 0.15) is 62.2 Å². The van der Waals surface area contributed by atoms with Gasteiger partial charge in [0, 0.05) is 24.2 Å². The number of nitrogens with zero attached hydrogens (tertiary/aromatic N) is 2. The number of hydrogen-bond donors (Lipinski definition) is 1. The van der Waals surface area contributed by atoms with Gasteiger partial charge in [-0.15, -0.1) is 0 Å². The lowest BCUT2D eigenvalue weighted by molar-refractivity contribution is -0.123. The van der Waals surface area contributed by atoms with Crippen molar-refractivity contribution in [3.8, 4) is 5.75 Å². The second-order valence-corrected chi connectivity index (χ2v) is 9.10. The van der Waals surface area contributed by atoms with Crippen LogP contribution in [0.15, 0.2) is 48.5 Å². The zero-order chi connectivity index (χ0) is 24.9. The van der Waals surface area contributed by atoms with E-state index in [1.807, 2.05) is 0 Å². The summed E-state index contributed by atoms with van der Waals surface area (Å²) in [5, 5.41) is 2.67. The van der Waals surface area contributed by atoms with Gasteiger partial charge in [-0.3, -0.25) is 19.2 Å². The van der Waals surface area contributed by atoms with Crippen molar-refractivity contribution in [2.45, 2.75) is 64.0 Å². The quantitative estimate of drug-likeness (QED) is 0.498. The Morgan fingerprint density at radius 1 is 0.943 bits per heavy atom. The molecular weight excluding hydrogens is 446 g/mol. The third kappa shape index (κ3) is 5.37. The molecule has 2 aromatic carbocycles. The number of hydrogen-bond acceptors (Lipinski definition) is 5. The first kappa shape index (κ1) is 24.4. The van der Waals surface area contributed by atoms with E-state index >= 15 is 0 Å². The van der Waals surface area contributed by atoms with E-state index in [-0.39, 0.29) is 30.2 Å². The maximum atomic E-state index is 13.7. The summed E-state index contributed by atoms with van der Waals surface area (Å²) in [6.07, 6.45) is 5.75. The van der Waals surface area contributed by atoms with Crippen LogP contribution in [-0.2, 0) is 14.4 Å². The van der Waals surface area contributed by atoms with Crippen molar-refractivity contribution in [3.05, 3.63) is 54.1 Å². The molecule has 0 aromatic heterocycles. The molecule has 4 amide bonds. The first-order valence-corrected chi connectivity index (χ1v) is 12.1. The van der Waals surface area contributed by atoms with Crippen LogP contribution >= 0.6 is 0 Å². The minimum absolute atomic E-state index is 0.0509. The van der Waals surface area contributed by atoms with Crippen LogP contribution in [-0.4, -0.2) is 47.7 Å². The number of amides is 4. The monoisotopic (exact) mass is 477 g/mol. The van der Waals surface area contributed by atoms with E-state index < -0.39 is 11.9 Å². The van der Waals surface area contributed by atoms with Gasteiger partial charge >= 0.3 is 0 Å². The van der Waals surface area contributed by atoms with E-state index in [4.69, 9.17) is 4.74 Å². The summed E-state index contributed by atoms with van der Waals surface area (Å²) in [7, 11) is 1.56. The Labute approximate surface area is 205 Å². The van der Waals surface area contributed by atoms with Crippen LogP contribution in [0.5, 0.6) is 5.75 Å². The van der Waals surface area contributed by atoms with Crippen LogP contribution < -0.4 is 15.0 Å². The summed E-state index contributed by atoms with van der Waals surface area (Å²) < 4.78 is 5.21. The van der Waals surface area contributed by atoms with Crippen LogP contribution in [0.3, 0.4) is 0 Å². The fraction of sp³-hybridized carbons (Fsp3) is 0.407. The highest BCUT2D eigenvalue weighted by molar-refractivity contribution is 6.23. The van der Waals surface area contributed by atoms with Gasteiger partial charge in [-0.1, -0.05) is 25.7 Å². The Kier molecular flexibility index (Phi) is 7.48. The topological polar surface area (TPSA) is 96.0 Å². The molecule has 1 heterocycles. The van der Waals surface area contributed by atoms with Gasteiger partial charge in [0.05, 0.1) is 19.2 Å². The Bertz CT molecular complexity index is 1090. The maximum Gasteiger partial charge on any atom is 0.257 e. The molecule has 2 fully saturated rings. The summed E-state index contributed by atoms with van der Waals surface area (Å²) in [6.45, 7) is 1.41. The van der Waals surface area contributed by atoms with Crippen LogP contribution in [0, 0.1) is 0 Å². The Morgan fingerprint density at radius 2 is 1.57 bits per heavy atom. The van der Waals surface area contributed by atoms with Crippen molar-refractivity contribution >= 4 is 35.0 Å². The average Bonchev–Trinajstić information content (AvgIpc) is 3.01. The molecule has 1 saturated carbocycles. The first-order valence-electron chi connectivity index (χ1n) is 12.1. The summed E-state index contributed by atoms with van der Waals surface area (Å²) in [5.74, 6) is -0.541. The predicted octanol–water partition coefficient (Wildman–Crippen LogP) is 4.15. The van der Waals surface area contributed by atoms with Crippen molar-refractivity contribution in [3.63, 3.8) is 0 Å². The van der Waals surface area contributed by atoms with Crippen LogP contribution in [0.25, 0.3) is 0 Å². The molecule has 4 rings (SSSR count). The zero-order valence-corrected chi connectivity index (χ0v) is 20.2. The van der Waals surface area contributed by atoms with E-state index in [1.54, 1.807) is 60.5 Å². The molecule has 2 aliphatic rings. The molecule has 8 heteroatoms. The number of carbonyl (C=O) groups excluding carboxylic acids is 4. The highest BCUT2D eigenvalue weighted by Gasteiger charge is 2.46. The first-order chi connectivity index (χ1) is 16.9. The fourth-order valence-corrected chi connectivity index (χ4v) is 4.98. The molecule has 0 spiro atoms. The summed E-state index contributed by atoms with van der Waals surface area (Å²) >= 11 is 0. The van der Waals surface area contributed by atoms with Gasteiger partial charge in [-0.2, -0.15) is 0 Å². The summed E-state index contributed by atoms with van der Waals surface area (Å²) in [5.41, 5.74) is 1.47. The molecule has 8 nitrogen and oxygen atoms in total. The molecule has 0 radical (unpaired) electrons. The van der Waals surface area contributed by atoms with Gasteiger partial charge in [0.15, 0.2) is 0 Å². The molecule has 1 atom stereocenters. The number of imide groups is 1. The number of nitrogens with one attached hydrogen (secondary N) is 1. The lowest BCUT2D eigenvalue weighted by Gasteiger charge is -2.35. The fourth-order valence-electron chi connectivity index (χ4n) is 4.98. The molecule has 1 N–H and O–H groups in total. The Balaban J connectivity index is 1.63. The van der Waals surface area contributed by atoms with Crippen LogP contribution in [0.4, 0.5) is 11.4 Å². The lowest BCUT2D eigenvalue weighted by atomic mass is 10.0. The van der Waals surface area contributed by atoms with Gasteiger partial charge in [-0.25, -0.2) is 4.90 Å². The predicted molar refractivity (Wildman–Crippen MR) is 132 cm³/mol. The number of anilines is 2. The molecule has 184 valence electrons. The third-order valence-corrected chi connectivity index (χ3v) is 6.69. The Morgan fingerprint density at radius 3 is 2.14 bits per heavy atom. The van der Waals surface area contributed by atoms with Crippen molar-refractivity contribution in [1.29, 1.82) is 0 Å². The van der Waals surface area contributed by atoms with Crippen LogP contribution in [0.2, 0.25) is 0 Å². The summed E-state index contributed by atoms with van der Waals surface area (Å²) in [4.78, 5) is 54.5. The van der Waals surface area contributed by atoms with Crippen molar-refractivity contribution in [2.75, 3.05) is 17.3 Å². The van der Waals surface area contributed by atoms with Gasteiger partial charge in [0.2, 0.25) is 11.8 Å². The molecule has 1 unspecified atom stereocenters. The number of benzene rings is 2. The largest absolute Gasteiger partial charge is 0.497 e. The second-order valence-electron chi connectivity index (χ2n) is 9.10. The van der Waals surface area contributed by atoms with Gasteiger partial charge < -0.3 is 15.0 Å². The minimum atomic E-state index is -0.852. The average molecular weight is 478 g/mol. The van der Waals surface area contributed by atoms with Gasteiger partial charge in [-0.05, 0) is 61.4 Å². The SMILES string of the molecule is COc1ccc(C(=O)N(C2CCCCCC2)C2CC(=O)N(c3ccc(NC(C)=O)cc3)C2=O)cc1. The molecular formula is C27H31N3O5. The molecule has 35 heavy (non-hydrogen) atoms. The molecule has 0 bridgehead atoms. The zero-order valence-electron chi connectivity index (χ0n) is 20.2. The lowest BCUT2D eigenvalue weighted by Crippen LogP contribution is -2.50. The van der Waals surface area contributed by atoms with E-state index in [1.165, 1.54) is 6.92 Å². The van der Waals surface area contributed by atoms with E-state index in [0.29, 0.717) is 22.7 Å². The minimum Gasteiger partial charge on any atom is -0.497 e. The molecule has 1 saturated heterocycles. The van der Waals surface area contributed by atoms with E-state index in [0.717, 1.165) is 43.4 Å². The normalized spacial score (nSPS) is 18.8. The highest BCUT2D eigenvalue weighted by atomic mass is 16.5. The smallest absolute Gasteiger partial charge is 0.257 e. The van der Waals surface area contributed by atoms with Gasteiger partial charge in [0.1, 0.15) is 11.8 Å². The summed E-state index contributed by atoms with van der Waals surface area (Å²) in [6, 6.07) is 12.5. The second kappa shape index (κ2) is 10.7. The standard InChI is InChI=1S/C27H31N3O5/c1-18(31)28-20-11-13-22(14-12-20)30-25(32)17-24(27(30)34)29(21-7-5-3-4-6-8-21)26(33)19-9-15-23(35-2)16-10-19/h9-16,21,24H,3-8,17H2,1-2H3,(H,28,31).